The van der Waals surface area contributed by atoms with Crippen molar-refractivity contribution < 1.29 is 0 Å². The van der Waals surface area contributed by atoms with E-state index in [1.165, 1.54) is 5.56 Å². The highest BCUT2D eigenvalue weighted by molar-refractivity contribution is 6.31. The molecule has 0 amide bonds. The molecule has 0 aliphatic carbocycles. The van der Waals surface area contributed by atoms with Crippen molar-refractivity contribution in [1.82, 2.24) is 9.55 Å². The van der Waals surface area contributed by atoms with Crippen molar-refractivity contribution in [2.45, 2.75) is 19.2 Å². The SMILES string of the molecule is Cc1ccccc1-n1c(C(C)Cl)nc2ccc(Cl)cc21. The van der Waals surface area contributed by atoms with E-state index in [1.807, 2.05) is 37.3 Å². The number of aromatic nitrogens is 2. The number of para-hydroxylation sites is 1. The van der Waals surface area contributed by atoms with Crippen LogP contribution in [-0.4, -0.2) is 9.55 Å². The third kappa shape index (κ3) is 2.19. The number of rotatable bonds is 2. The summed E-state index contributed by atoms with van der Waals surface area (Å²) in [6.45, 7) is 4.01. The number of hydrogen-bond donors (Lipinski definition) is 0. The van der Waals surface area contributed by atoms with Gasteiger partial charge in [0, 0.05) is 5.02 Å². The number of imidazole rings is 1. The number of halogens is 2. The van der Waals surface area contributed by atoms with E-state index in [9.17, 15) is 0 Å². The Bertz CT molecular complexity index is 775. The Morgan fingerprint density at radius 3 is 2.60 bits per heavy atom. The molecule has 0 spiro atoms. The molecule has 1 aromatic heterocycles. The van der Waals surface area contributed by atoms with Gasteiger partial charge in [0.1, 0.15) is 5.82 Å². The van der Waals surface area contributed by atoms with E-state index in [1.54, 1.807) is 0 Å². The minimum atomic E-state index is -0.180. The maximum Gasteiger partial charge on any atom is 0.132 e. The number of nitrogens with zero attached hydrogens (tertiary/aromatic N) is 2. The van der Waals surface area contributed by atoms with Gasteiger partial charge in [-0.25, -0.2) is 4.98 Å². The fourth-order valence-corrected chi connectivity index (χ4v) is 2.71. The molecule has 3 rings (SSSR count). The summed E-state index contributed by atoms with van der Waals surface area (Å²) in [7, 11) is 0. The van der Waals surface area contributed by atoms with Crippen LogP contribution >= 0.6 is 23.2 Å². The topological polar surface area (TPSA) is 17.8 Å². The predicted octanol–water partition coefficient (Wildman–Crippen LogP) is 5.29. The van der Waals surface area contributed by atoms with Crippen LogP contribution in [0.25, 0.3) is 16.7 Å². The van der Waals surface area contributed by atoms with E-state index in [-0.39, 0.29) is 5.38 Å². The second-order valence-electron chi connectivity index (χ2n) is 4.84. The summed E-state index contributed by atoms with van der Waals surface area (Å²) in [5.41, 5.74) is 4.14. The number of aryl methyl sites for hydroxylation is 1. The third-order valence-electron chi connectivity index (χ3n) is 3.35. The molecule has 1 heterocycles. The average molecular weight is 305 g/mol. The van der Waals surface area contributed by atoms with Gasteiger partial charge in [-0.1, -0.05) is 29.8 Å². The molecule has 0 fully saturated rings. The molecule has 2 nitrogen and oxygen atoms in total. The van der Waals surface area contributed by atoms with E-state index >= 15 is 0 Å². The third-order valence-corrected chi connectivity index (χ3v) is 3.78. The van der Waals surface area contributed by atoms with Crippen LogP contribution in [0.5, 0.6) is 0 Å². The smallest absolute Gasteiger partial charge is 0.132 e. The summed E-state index contributed by atoms with van der Waals surface area (Å²) in [6, 6.07) is 13.9. The van der Waals surface area contributed by atoms with E-state index < -0.39 is 0 Å². The maximum atomic E-state index is 6.31. The molecule has 2 aromatic carbocycles. The van der Waals surface area contributed by atoms with E-state index in [0.29, 0.717) is 5.02 Å². The fraction of sp³-hybridized carbons (Fsp3) is 0.188. The molecule has 0 aliphatic heterocycles. The Kier molecular flexibility index (Phi) is 3.45. The van der Waals surface area contributed by atoms with Crippen LogP contribution < -0.4 is 0 Å². The molecule has 1 unspecified atom stereocenters. The summed E-state index contributed by atoms with van der Waals surface area (Å²) in [5.74, 6) is 0.832. The van der Waals surface area contributed by atoms with Gasteiger partial charge >= 0.3 is 0 Å². The van der Waals surface area contributed by atoms with Crippen LogP contribution in [0.15, 0.2) is 42.5 Å². The molecule has 1 atom stereocenters. The predicted molar refractivity (Wildman–Crippen MR) is 85.1 cm³/mol. The fourth-order valence-electron chi connectivity index (χ4n) is 2.40. The summed E-state index contributed by atoms with van der Waals surface area (Å²) in [5, 5.41) is 0.516. The van der Waals surface area contributed by atoms with Crippen LogP contribution in [0.2, 0.25) is 5.02 Å². The van der Waals surface area contributed by atoms with Gasteiger partial charge < -0.3 is 0 Å². The van der Waals surface area contributed by atoms with Crippen LogP contribution in [0, 0.1) is 6.92 Å². The lowest BCUT2D eigenvalue weighted by molar-refractivity contribution is 0.878. The van der Waals surface area contributed by atoms with Gasteiger partial charge in [0.05, 0.1) is 22.1 Å². The van der Waals surface area contributed by atoms with Crippen molar-refractivity contribution in [1.29, 1.82) is 0 Å². The largest absolute Gasteiger partial charge is 0.295 e. The Morgan fingerprint density at radius 1 is 1.15 bits per heavy atom. The molecule has 0 aliphatic rings. The van der Waals surface area contributed by atoms with E-state index in [0.717, 1.165) is 22.5 Å². The van der Waals surface area contributed by atoms with Gasteiger partial charge in [0.25, 0.3) is 0 Å². The van der Waals surface area contributed by atoms with Crippen molar-refractivity contribution in [2.24, 2.45) is 0 Å². The molecule has 102 valence electrons. The van der Waals surface area contributed by atoms with Crippen LogP contribution in [0.1, 0.15) is 23.7 Å². The van der Waals surface area contributed by atoms with Crippen LogP contribution in [0.3, 0.4) is 0 Å². The van der Waals surface area contributed by atoms with Gasteiger partial charge in [-0.15, -0.1) is 11.6 Å². The Morgan fingerprint density at radius 2 is 1.90 bits per heavy atom. The quantitative estimate of drug-likeness (QED) is 0.588. The Labute approximate surface area is 128 Å². The van der Waals surface area contributed by atoms with Gasteiger partial charge in [0.15, 0.2) is 0 Å². The molecule has 20 heavy (non-hydrogen) atoms. The van der Waals surface area contributed by atoms with Crippen molar-refractivity contribution in [3.05, 3.63) is 58.9 Å². The molecular weight excluding hydrogens is 291 g/mol. The lowest BCUT2D eigenvalue weighted by Gasteiger charge is -2.13. The highest BCUT2D eigenvalue weighted by Gasteiger charge is 2.17. The van der Waals surface area contributed by atoms with Gasteiger partial charge in [0.2, 0.25) is 0 Å². The summed E-state index contributed by atoms with van der Waals surface area (Å²) in [4.78, 5) is 4.64. The second-order valence-corrected chi connectivity index (χ2v) is 5.93. The zero-order valence-corrected chi connectivity index (χ0v) is 12.8. The summed E-state index contributed by atoms with van der Waals surface area (Å²) >= 11 is 12.4. The molecule has 0 N–H and O–H groups in total. The second kappa shape index (κ2) is 5.12. The van der Waals surface area contributed by atoms with Crippen molar-refractivity contribution in [3.8, 4) is 5.69 Å². The first kappa shape index (κ1) is 13.5. The van der Waals surface area contributed by atoms with Gasteiger partial charge in [-0.2, -0.15) is 0 Å². The van der Waals surface area contributed by atoms with Crippen molar-refractivity contribution >= 4 is 34.2 Å². The maximum absolute atomic E-state index is 6.31. The number of hydrogen-bond acceptors (Lipinski definition) is 1. The van der Waals surface area contributed by atoms with Gasteiger partial charge in [-0.3, -0.25) is 4.57 Å². The van der Waals surface area contributed by atoms with Crippen LogP contribution in [-0.2, 0) is 0 Å². The Balaban J connectivity index is 2.40. The van der Waals surface area contributed by atoms with Crippen molar-refractivity contribution in [3.63, 3.8) is 0 Å². The lowest BCUT2D eigenvalue weighted by atomic mass is 10.2. The highest BCUT2D eigenvalue weighted by Crippen LogP contribution is 2.30. The number of benzene rings is 2. The molecule has 0 radical (unpaired) electrons. The molecule has 0 bridgehead atoms. The van der Waals surface area contributed by atoms with Gasteiger partial charge in [-0.05, 0) is 43.7 Å². The van der Waals surface area contributed by atoms with E-state index in [4.69, 9.17) is 23.2 Å². The average Bonchev–Trinajstić information content (AvgIpc) is 2.78. The highest BCUT2D eigenvalue weighted by atomic mass is 35.5. The Hall–Kier alpha value is -1.51. The lowest BCUT2D eigenvalue weighted by Crippen LogP contribution is -2.03. The zero-order chi connectivity index (χ0) is 14.3. The minimum Gasteiger partial charge on any atom is -0.295 e. The first-order chi connectivity index (χ1) is 9.58. The van der Waals surface area contributed by atoms with Crippen molar-refractivity contribution in [2.75, 3.05) is 0 Å². The molecule has 0 saturated heterocycles. The van der Waals surface area contributed by atoms with E-state index in [2.05, 4.69) is 28.6 Å². The minimum absolute atomic E-state index is 0.180. The summed E-state index contributed by atoms with van der Waals surface area (Å²) in [6.07, 6.45) is 0. The molecule has 4 heteroatoms. The first-order valence-electron chi connectivity index (χ1n) is 6.46. The molecule has 3 aromatic rings. The van der Waals surface area contributed by atoms with Crippen LogP contribution in [0.4, 0.5) is 0 Å². The number of alkyl halides is 1. The standard InChI is InChI=1S/C16H14Cl2N2/c1-10-5-3-4-6-14(10)20-15-9-12(18)7-8-13(15)19-16(20)11(2)17/h3-9,11H,1-2H3. The number of fused-ring (bicyclic) bond motifs is 1. The monoisotopic (exact) mass is 304 g/mol. The first-order valence-corrected chi connectivity index (χ1v) is 7.27. The normalized spacial score (nSPS) is 12.8. The molecular formula is C16H14Cl2N2. The molecule has 0 saturated carbocycles. The zero-order valence-electron chi connectivity index (χ0n) is 11.3. The summed E-state index contributed by atoms with van der Waals surface area (Å²) < 4.78 is 2.09.